The average molecular weight is 343 g/mol. The Bertz CT molecular complexity index is 752. The van der Waals surface area contributed by atoms with Gasteiger partial charge in [0.05, 0.1) is 5.71 Å². The van der Waals surface area contributed by atoms with Crippen LogP contribution in [0.5, 0.6) is 0 Å². The number of aromatic nitrogens is 1. The van der Waals surface area contributed by atoms with Crippen LogP contribution in [0.25, 0.3) is 0 Å². The molecule has 0 radical (unpaired) electrons. The summed E-state index contributed by atoms with van der Waals surface area (Å²) in [6.07, 6.45) is 3.26. The number of rotatable bonds is 2. The summed E-state index contributed by atoms with van der Waals surface area (Å²) in [6, 6.07) is 3.37. The molecule has 0 N–H and O–H groups in total. The first-order valence-electron chi connectivity index (χ1n) is 8.43. The number of nitrogens with zero attached hydrogens (tertiary/aromatic N) is 5. The fraction of sp³-hybridized carbons (Fsp3) is 0.471. The van der Waals surface area contributed by atoms with Crippen molar-refractivity contribution in [1.29, 1.82) is 0 Å². The van der Waals surface area contributed by atoms with Crippen LogP contribution in [-0.4, -0.2) is 70.6 Å². The van der Waals surface area contributed by atoms with Gasteiger partial charge in [0.25, 0.3) is 11.8 Å². The van der Waals surface area contributed by atoms with Gasteiger partial charge < -0.3 is 9.80 Å². The van der Waals surface area contributed by atoms with Crippen LogP contribution in [0, 0.1) is 5.92 Å². The Balaban J connectivity index is 1.43. The van der Waals surface area contributed by atoms with Crippen LogP contribution in [0.15, 0.2) is 34.5 Å². The Morgan fingerprint density at radius 3 is 2.40 bits per heavy atom. The van der Waals surface area contributed by atoms with E-state index in [4.69, 9.17) is 0 Å². The summed E-state index contributed by atoms with van der Waals surface area (Å²) in [6.45, 7) is 2.03. The summed E-state index contributed by atoms with van der Waals surface area (Å²) in [5.74, 6) is -0.437. The molecule has 7 nitrogen and oxygen atoms in total. The number of piperazine rings is 1. The molecule has 2 aliphatic heterocycles. The smallest absolute Gasteiger partial charge is 0.289 e. The van der Waals surface area contributed by atoms with Gasteiger partial charge >= 0.3 is 0 Å². The summed E-state index contributed by atoms with van der Waals surface area (Å²) in [4.78, 5) is 39.9. The van der Waals surface area contributed by atoms with Gasteiger partial charge in [0.2, 0.25) is 12.1 Å². The van der Waals surface area contributed by atoms with Crippen molar-refractivity contribution in [2.24, 2.45) is 15.9 Å². The molecular weight excluding hydrogens is 325 g/mol. The van der Waals surface area contributed by atoms with Gasteiger partial charge in [-0.25, -0.2) is 9.38 Å². The third-order valence-corrected chi connectivity index (χ3v) is 4.69. The van der Waals surface area contributed by atoms with Crippen LogP contribution in [0.1, 0.15) is 23.2 Å². The van der Waals surface area contributed by atoms with Crippen molar-refractivity contribution in [1.82, 2.24) is 14.8 Å². The quantitative estimate of drug-likeness (QED) is 0.800. The van der Waals surface area contributed by atoms with Gasteiger partial charge in [0.1, 0.15) is 0 Å². The molecule has 0 aromatic carbocycles. The fourth-order valence-corrected chi connectivity index (χ4v) is 3.08. The van der Waals surface area contributed by atoms with Gasteiger partial charge in [0, 0.05) is 50.1 Å². The van der Waals surface area contributed by atoms with Crippen LogP contribution in [0.4, 0.5) is 4.39 Å². The fourth-order valence-electron chi connectivity index (χ4n) is 3.08. The second-order valence-corrected chi connectivity index (χ2v) is 6.44. The molecule has 25 heavy (non-hydrogen) atoms. The molecule has 1 saturated carbocycles. The highest BCUT2D eigenvalue weighted by Crippen LogP contribution is 2.34. The summed E-state index contributed by atoms with van der Waals surface area (Å²) in [7, 11) is 0. The van der Waals surface area contributed by atoms with Crippen LogP contribution in [0.3, 0.4) is 0 Å². The van der Waals surface area contributed by atoms with E-state index < -0.39 is 12.1 Å². The molecule has 0 spiro atoms. The maximum absolute atomic E-state index is 14.0. The second kappa shape index (κ2) is 6.34. The third kappa shape index (κ3) is 3.16. The van der Waals surface area contributed by atoms with E-state index in [-0.39, 0.29) is 17.8 Å². The number of hydrogen-bond donors (Lipinski definition) is 0. The van der Waals surface area contributed by atoms with Gasteiger partial charge in [0.15, 0.2) is 0 Å². The minimum absolute atomic E-state index is 0.0466. The zero-order chi connectivity index (χ0) is 17.4. The number of halogens is 1. The van der Waals surface area contributed by atoms with Gasteiger partial charge in [-0.05, 0) is 25.0 Å². The minimum Gasteiger partial charge on any atom is -0.337 e. The molecule has 1 aromatic rings. The Morgan fingerprint density at radius 2 is 1.76 bits per heavy atom. The van der Waals surface area contributed by atoms with Gasteiger partial charge in [-0.2, -0.15) is 4.99 Å². The molecule has 1 atom stereocenters. The highest BCUT2D eigenvalue weighted by molar-refractivity contribution is 6.18. The van der Waals surface area contributed by atoms with Gasteiger partial charge in [-0.1, -0.05) is 0 Å². The number of aliphatic imine (C=N–C) groups is 2. The predicted octanol–water partition coefficient (Wildman–Crippen LogP) is 0.925. The largest absolute Gasteiger partial charge is 0.337 e. The van der Waals surface area contributed by atoms with Crippen molar-refractivity contribution in [3.63, 3.8) is 0 Å². The highest BCUT2D eigenvalue weighted by atomic mass is 19.1. The monoisotopic (exact) mass is 343 g/mol. The molecule has 2 amide bonds. The Morgan fingerprint density at radius 1 is 1.08 bits per heavy atom. The molecular formula is C17H18FN5O2. The number of guanidine groups is 1. The van der Waals surface area contributed by atoms with E-state index in [9.17, 15) is 14.0 Å². The highest BCUT2D eigenvalue weighted by Gasteiger charge is 2.40. The maximum Gasteiger partial charge on any atom is 0.289 e. The third-order valence-electron chi connectivity index (χ3n) is 4.69. The van der Waals surface area contributed by atoms with Crippen molar-refractivity contribution in [3.8, 4) is 0 Å². The van der Waals surface area contributed by atoms with Crippen molar-refractivity contribution in [2.45, 2.75) is 19.0 Å². The maximum atomic E-state index is 14.0. The molecule has 8 heteroatoms. The van der Waals surface area contributed by atoms with Crippen LogP contribution in [0.2, 0.25) is 0 Å². The lowest BCUT2D eigenvalue weighted by Crippen LogP contribution is -2.51. The lowest BCUT2D eigenvalue weighted by molar-refractivity contribution is -0.120. The van der Waals surface area contributed by atoms with Crippen LogP contribution in [-0.2, 0) is 4.79 Å². The molecule has 3 heterocycles. The number of carbonyl (C=O) groups excluding carboxylic acids is 2. The Hall–Kier alpha value is -2.64. The lowest BCUT2D eigenvalue weighted by atomic mass is 10.1. The number of carbonyl (C=O) groups is 2. The number of alkyl halides is 1. The molecule has 1 saturated heterocycles. The molecule has 1 aliphatic carbocycles. The van der Waals surface area contributed by atoms with E-state index in [2.05, 4.69) is 15.0 Å². The average Bonchev–Trinajstić information content (AvgIpc) is 3.49. The molecule has 4 rings (SSSR count). The molecule has 1 unspecified atom stereocenters. The SMILES string of the molecule is O=C1N=C(N2CCN(C(=O)c3ccncc3)CC2)N=C(C2CC2)C1F. The first-order chi connectivity index (χ1) is 12.1. The summed E-state index contributed by atoms with van der Waals surface area (Å²) < 4.78 is 14.0. The van der Waals surface area contributed by atoms with E-state index in [0.29, 0.717) is 37.5 Å². The van der Waals surface area contributed by atoms with E-state index in [1.165, 1.54) is 0 Å². The van der Waals surface area contributed by atoms with E-state index in [0.717, 1.165) is 12.8 Å². The summed E-state index contributed by atoms with van der Waals surface area (Å²) >= 11 is 0. The topological polar surface area (TPSA) is 78.2 Å². The summed E-state index contributed by atoms with van der Waals surface area (Å²) in [5, 5.41) is 0. The van der Waals surface area contributed by atoms with Crippen LogP contribution < -0.4 is 0 Å². The molecule has 2 fully saturated rings. The van der Waals surface area contributed by atoms with Crippen molar-refractivity contribution < 1.29 is 14.0 Å². The van der Waals surface area contributed by atoms with E-state index in [1.807, 2.05) is 4.90 Å². The van der Waals surface area contributed by atoms with Crippen molar-refractivity contribution in [2.75, 3.05) is 26.2 Å². The minimum atomic E-state index is -1.69. The van der Waals surface area contributed by atoms with Crippen molar-refractivity contribution in [3.05, 3.63) is 30.1 Å². The first kappa shape index (κ1) is 15.9. The number of pyridine rings is 1. The molecule has 0 bridgehead atoms. The first-order valence-corrected chi connectivity index (χ1v) is 8.43. The van der Waals surface area contributed by atoms with Crippen molar-refractivity contribution >= 4 is 23.5 Å². The Labute approximate surface area is 144 Å². The second-order valence-electron chi connectivity index (χ2n) is 6.44. The lowest BCUT2D eigenvalue weighted by Gasteiger charge is -2.36. The predicted molar refractivity (Wildman–Crippen MR) is 89.2 cm³/mol. The molecule has 3 aliphatic rings. The van der Waals surface area contributed by atoms with Gasteiger partial charge in [-0.15, -0.1) is 0 Å². The number of hydrogen-bond acceptors (Lipinski definition) is 5. The van der Waals surface area contributed by atoms with Crippen LogP contribution >= 0.6 is 0 Å². The van der Waals surface area contributed by atoms with E-state index >= 15 is 0 Å². The summed E-state index contributed by atoms with van der Waals surface area (Å²) in [5.41, 5.74) is 0.924. The molecule has 130 valence electrons. The Kier molecular flexibility index (Phi) is 4.03. The zero-order valence-corrected chi connectivity index (χ0v) is 13.6. The normalized spacial score (nSPS) is 24.0. The number of amides is 2. The zero-order valence-electron chi connectivity index (χ0n) is 13.6. The molecule has 1 aromatic heterocycles. The van der Waals surface area contributed by atoms with Gasteiger partial charge in [-0.3, -0.25) is 14.6 Å². The standard InChI is InChI=1S/C17H18FN5O2/c18-13-14(11-1-2-11)20-17(21-15(13)24)23-9-7-22(8-10-23)16(25)12-3-5-19-6-4-12/h3-6,11,13H,1-2,7-10H2. The van der Waals surface area contributed by atoms with E-state index in [1.54, 1.807) is 29.4 Å².